The molecule has 33 heavy (non-hydrogen) atoms. The van der Waals surface area contributed by atoms with Gasteiger partial charge in [0.1, 0.15) is 24.0 Å². The second kappa shape index (κ2) is 10.3. The van der Waals surface area contributed by atoms with E-state index in [1.165, 1.54) is 6.42 Å². The maximum Gasteiger partial charge on any atom is 0.260 e. The van der Waals surface area contributed by atoms with E-state index >= 15 is 0 Å². The fraction of sp³-hybridized carbons (Fsp3) is 0.296. The van der Waals surface area contributed by atoms with Crippen LogP contribution in [0.1, 0.15) is 51.9 Å². The second-order valence-corrected chi connectivity index (χ2v) is 8.56. The van der Waals surface area contributed by atoms with Gasteiger partial charge in [0, 0.05) is 24.8 Å². The molecule has 0 bridgehead atoms. The van der Waals surface area contributed by atoms with Gasteiger partial charge < -0.3 is 15.0 Å². The Bertz CT molecular complexity index is 1120. The molecule has 1 aromatic heterocycles. The third kappa shape index (κ3) is 5.77. The summed E-state index contributed by atoms with van der Waals surface area (Å²) in [6, 6.07) is 17.2. The van der Waals surface area contributed by atoms with Crippen molar-refractivity contribution in [2.24, 2.45) is 0 Å². The molecule has 0 atom stereocenters. The van der Waals surface area contributed by atoms with Gasteiger partial charge in [-0.25, -0.2) is 4.98 Å². The van der Waals surface area contributed by atoms with Gasteiger partial charge in [0.2, 0.25) is 0 Å². The minimum Gasteiger partial charge on any atom is -0.488 e. The Balaban J connectivity index is 1.42. The lowest BCUT2D eigenvalue weighted by Crippen LogP contribution is -2.35. The number of piperidine rings is 1. The van der Waals surface area contributed by atoms with Crippen molar-refractivity contribution in [1.29, 1.82) is 5.41 Å². The number of amidine groups is 1. The lowest BCUT2D eigenvalue weighted by molar-refractivity contribution is 0.102. The Kier molecular flexibility index (Phi) is 7.03. The first kappa shape index (κ1) is 22.5. The van der Waals surface area contributed by atoms with Gasteiger partial charge in [-0.1, -0.05) is 42.0 Å². The molecule has 0 spiro atoms. The summed E-state index contributed by atoms with van der Waals surface area (Å²) in [4.78, 5) is 19.3. The van der Waals surface area contributed by atoms with Crippen molar-refractivity contribution in [3.63, 3.8) is 0 Å². The molecule has 1 aliphatic heterocycles. The van der Waals surface area contributed by atoms with Gasteiger partial charge in [-0.3, -0.25) is 10.2 Å². The third-order valence-electron chi connectivity index (χ3n) is 5.83. The van der Waals surface area contributed by atoms with Crippen LogP contribution in [0, 0.1) is 19.3 Å². The first-order valence-corrected chi connectivity index (χ1v) is 11.4. The Morgan fingerprint density at radius 2 is 1.73 bits per heavy atom. The van der Waals surface area contributed by atoms with Crippen LogP contribution in [0.15, 0.2) is 60.8 Å². The van der Waals surface area contributed by atoms with Gasteiger partial charge in [0.05, 0.1) is 5.56 Å². The molecule has 1 amide bonds. The van der Waals surface area contributed by atoms with Crippen LogP contribution in [0.4, 0.5) is 5.82 Å². The third-order valence-corrected chi connectivity index (χ3v) is 5.83. The van der Waals surface area contributed by atoms with Gasteiger partial charge >= 0.3 is 0 Å². The number of carbonyl (C=O) groups is 1. The minimum atomic E-state index is -0.254. The molecule has 2 aromatic carbocycles. The van der Waals surface area contributed by atoms with Gasteiger partial charge in [-0.05, 0) is 62.4 Å². The molecular formula is C27H30N4O2. The quantitative estimate of drug-likeness (QED) is 0.399. The summed E-state index contributed by atoms with van der Waals surface area (Å²) in [5, 5.41) is 11.3. The largest absolute Gasteiger partial charge is 0.488 e. The zero-order valence-corrected chi connectivity index (χ0v) is 19.2. The van der Waals surface area contributed by atoms with Crippen molar-refractivity contribution in [1.82, 2.24) is 9.88 Å². The van der Waals surface area contributed by atoms with E-state index in [4.69, 9.17) is 10.1 Å². The van der Waals surface area contributed by atoms with Crippen LogP contribution in [0.25, 0.3) is 0 Å². The maximum atomic E-state index is 12.9. The van der Waals surface area contributed by atoms with E-state index in [0.29, 0.717) is 29.6 Å². The number of amides is 1. The highest BCUT2D eigenvalue weighted by Crippen LogP contribution is 2.23. The van der Waals surface area contributed by atoms with E-state index < -0.39 is 0 Å². The van der Waals surface area contributed by atoms with Gasteiger partial charge in [0.25, 0.3) is 5.91 Å². The molecule has 1 fully saturated rings. The number of nitrogens with one attached hydrogen (secondary N) is 2. The molecule has 2 heterocycles. The Morgan fingerprint density at radius 3 is 2.42 bits per heavy atom. The average molecular weight is 443 g/mol. The van der Waals surface area contributed by atoms with Crippen LogP contribution in [0.3, 0.4) is 0 Å². The smallest absolute Gasteiger partial charge is 0.260 e. The zero-order chi connectivity index (χ0) is 23.2. The molecule has 2 N–H and O–H groups in total. The van der Waals surface area contributed by atoms with Crippen LogP contribution in [-0.2, 0) is 6.61 Å². The molecule has 6 heteroatoms. The van der Waals surface area contributed by atoms with Crippen molar-refractivity contribution < 1.29 is 9.53 Å². The molecule has 1 saturated heterocycles. The molecule has 170 valence electrons. The summed E-state index contributed by atoms with van der Waals surface area (Å²) >= 11 is 0. The lowest BCUT2D eigenvalue weighted by atomic mass is 10.1. The summed E-state index contributed by atoms with van der Waals surface area (Å²) in [6.07, 6.45) is 5.28. The number of hydrogen-bond acceptors (Lipinski definition) is 4. The summed E-state index contributed by atoms with van der Waals surface area (Å²) in [7, 11) is 0. The number of carbonyl (C=O) groups excluding carboxylic acids is 1. The van der Waals surface area contributed by atoms with E-state index in [1.807, 2.05) is 62.4 Å². The highest BCUT2D eigenvalue weighted by molar-refractivity contribution is 6.05. The topological polar surface area (TPSA) is 78.3 Å². The lowest BCUT2D eigenvalue weighted by Gasteiger charge is -2.29. The van der Waals surface area contributed by atoms with E-state index in [9.17, 15) is 4.79 Å². The average Bonchev–Trinajstić information content (AvgIpc) is 2.85. The molecule has 6 nitrogen and oxygen atoms in total. The van der Waals surface area contributed by atoms with Crippen molar-refractivity contribution in [3.8, 4) is 5.75 Å². The molecule has 0 unspecified atom stereocenters. The number of rotatable bonds is 6. The molecule has 0 radical (unpaired) electrons. The number of pyridine rings is 1. The number of nitrogens with zero attached hydrogens (tertiary/aromatic N) is 2. The van der Waals surface area contributed by atoms with Crippen LogP contribution >= 0.6 is 0 Å². The molecule has 0 aliphatic carbocycles. The molecule has 1 aliphatic rings. The van der Waals surface area contributed by atoms with E-state index in [0.717, 1.165) is 48.2 Å². The Morgan fingerprint density at radius 1 is 1.00 bits per heavy atom. The fourth-order valence-corrected chi connectivity index (χ4v) is 3.89. The van der Waals surface area contributed by atoms with Crippen molar-refractivity contribution in [2.75, 3.05) is 18.4 Å². The van der Waals surface area contributed by atoms with Gasteiger partial charge in [-0.2, -0.15) is 0 Å². The second-order valence-electron chi connectivity index (χ2n) is 8.56. The monoisotopic (exact) mass is 442 g/mol. The van der Waals surface area contributed by atoms with Crippen LogP contribution in [0.2, 0.25) is 0 Å². The zero-order valence-electron chi connectivity index (χ0n) is 19.2. The molecule has 4 rings (SSSR count). The number of ether oxygens (including phenoxy) is 1. The Hall–Kier alpha value is -3.67. The minimum absolute atomic E-state index is 0.254. The Labute approximate surface area is 195 Å². The first-order valence-electron chi connectivity index (χ1n) is 11.4. The van der Waals surface area contributed by atoms with Gasteiger partial charge in [-0.15, -0.1) is 0 Å². The normalized spacial score (nSPS) is 13.5. The number of aryl methyl sites for hydroxylation is 2. The van der Waals surface area contributed by atoms with Crippen LogP contribution in [-0.4, -0.2) is 34.7 Å². The number of benzene rings is 2. The summed E-state index contributed by atoms with van der Waals surface area (Å²) in [5.74, 6) is 1.36. The number of hydrogen-bond donors (Lipinski definition) is 2. The highest BCUT2D eigenvalue weighted by Gasteiger charge is 2.16. The summed E-state index contributed by atoms with van der Waals surface area (Å²) in [5.41, 5.74) is 4.38. The fourth-order valence-electron chi connectivity index (χ4n) is 3.89. The van der Waals surface area contributed by atoms with Crippen LogP contribution < -0.4 is 10.1 Å². The number of likely N-dealkylation sites (tertiary alicyclic amines) is 1. The van der Waals surface area contributed by atoms with E-state index in [1.54, 1.807) is 12.3 Å². The van der Waals surface area contributed by atoms with E-state index in [2.05, 4.69) is 15.2 Å². The molecule has 0 saturated carbocycles. The standard InChI is InChI=1S/C27H30N4O2/c1-19-6-12-24(23(16-19)27(32)30-25-13-7-20(2)17-29-25)33-18-21-8-10-22(11-9-21)26(28)31-14-4-3-5-15-31/h6-13,16-17,28H,3-5,14-15,18H2,1-2H3,(H,29,30,32). The first-order chi connectivity index (χ1) is 16.0. The van der Waals surface area contributed by atoms with Crippen molar-refractivity contribution >= 4 is 17.6 Å². The summed E-state index contributed by atoms with van der Waals surface area (Å²) < 4.78 is 6.03. The summed E-state index contributed by atoms with van der Waals surface area (Å²) in [6.45, 7) is 6.15. The van der Waals surface area contributed by atoms with E-state index in [-0.39, 0.29) is 5.91 Å². The van der Waals surface area contributed by atoms with Gasteiger partial charge in [0.15, 0.2) is 0 Å². The van der Waals surface area contributed by atoms with Crippen molar-refractivity contribution in [3.05, 3.63) is 88.6 Å². The molecule has 3 aromatic rings. The number of aromatic nitrogens is 1. The molecular weight excluding hydrogens is 412 g/mol. The predicted molar refractivity (Wildman–Crippen MR) is 131 cm³/mol. The maximum absolute atomic E-state index is 12.9. The predicted octanol–water partition coefficient (Wildman–Crippen LogP) is 5.34. The SMILES string of the molecule is Cc1ccc(NC(=O)c2cc(C)ccc2OCc2ccc(C(=N)N3CCCCC3)cc2)nc1. The highest BCUT2D eigenvalue weighted by atomic mass is 16.5. The number of anilines is 1. The van der Waals surface area contributed by atoms with Crippen LogP contribution in [0.5, 0.6) is 5.75 Å². The van der Waals surface area contributed by atoms with Crippen molar-refractivity contribution in [2.45, 2.75) is 39.7 Å².